The molecule has 4 aliphatic carbocycles. The molecule has 0 aromatic carbocycles. The van der Waals surface area contributed by atoms with Crippen molar-refractivity contribution in [3.63, 3.8) is 0 Å². The molecule has 0 unspecified atom stereocenters. The second-order valence-electron chi connectivity index (χ2n) is 9.44. The summed E-state index contributed by atoms with van der Waals surface area (Å²) in [6, 6.07) is 0. The van der Waals surface area contributed by atoms with E-state index in [9.17, 15) is 15.0 Å². The SMILES string of the molecule is C.CO[C@H]1[C@H](O)CC[C@]2(C)[C@@H]3[C@@H](CC[C@@H]12)[C@@H]1CCC(=O)[C@@]1(C)C[C@@H]3O. The van der Waals surface area contributed by atoms with Crippen LogP contribution >= 0.6 is 0 Å². The Balaban J connectivity index is 0.00000182. The van der Waals surface area contributed by atoms with Crippen LogP contribution in [0.1, 0.15) is 66.2 Å². The van der Waals surface area contributed by atoms with Gasteiger partial charge in [-0.1, -0.05) is 21.3 Å². The highest BCUT2D eigenvalue weighted by molar-refractivity contribution is 5.87. The van der Waals surface area contributed by atoms with Gasteiger partial charge in [-0.25, -0.2) is 0 Å². The number of Topliss-reactive ketones (excluding diaryl/α,β-unsaturated/α-hetero) is 1. The van der Waals surface area contributed by atoms with Gasteiger partial charge >= 0.3 is 0 Å². The molecule has 0 amide bonds. The maximum atomic E-state index is 12.5. The van der Waals surface area contributed by atoms with Crippen molar-refractivity contribution in [1.29, 1.82) is 0 Å². The Morgan fingerprint density at radius 1 is 1.04 bits per heavy atom. The zero-order valence-electron chi connectivity index (χ0n) is 15.2. The van der Waals surface area contributed by atoms with Crippen molar-refractivity contribution in [2.75, 3.05) is 7.11 Å². The molecule has 4 rings (SSSR count). The highest BCUT2D eigenvalue weighted by Crippen LogP contribution is 2.65. The van der Waals surface area contributed by atoms with E-state index in [4.69, 9.17) is 4.74 Å². The molecule has 25 heavy (non-hydrogen) atoms. The molecule has 0 aromatic rings. The number of ether oxygens (including phenoxy) is 1. The summed E-state index contributed by atoms with van der Waals surface area (Å²) in [6.45, 7) is 4.42. The summed E-state index contributed by atoms with van der Waals surface area (Å²) in [5, 5.41) is 21.5. The third kappa shape index (κ3) is 2.47. The topological polar surface area (TPSA) is 66.8 Å². The van der Waals surface area contributed by atoms with Gasteiger partial charge in [0.15, 0.2) is 0 Å². The highest BCUT2D eigenvalue weighted by atomic mass is 16.5. The summed E-state index contributed by atoms with van der Waals surface area (Å²) in [7, 11) is 1.70. The van der Waals surface area contributed by atoms with Gasteiger partial charge in [0.1, 0.15) is 5.78 Å². The van der Waals surface area contributed by atoms with Gasteiger partial charge < -0.3 is 14.9 Å². The molecule has 4 nitrogen and oxygen atoms in total. The quantitative estimate of drug-likeness (QED) is 0.760. The molecule has 0 radical (unpaired) electrons. The van der Waals surface area contributed by atoms with E-state index in [1.165, 1.54) is 0 Å². The molecule has 9 atom stereocenters. The van der Waals surface area contributed by atoms with Crippen molar-refractivity contribution >= 4 is 5.78 Å². The summed E-state index contributed by atoms with van der Waals surface area (Å²) >= 11 is 0. The van der Waals surface area contributed by atoms with Crippen molar-refractivity contribution in [3.8, 4) is 0 Å². The van der Waals surface area contributed by atoms with Gasteiger partial charge in [-0.15, -0.1) is 0 Å². The van der Waals surface area contributed by atoms with Crippen LogP contribution in [0, 0.1) is 34.5 Å². The second-order valence-corrected chi connectivity index (χ2v) is 9.44. The van der Waals surface area contributed by atoms with Crippen molar-refractivity contribution in [1.82, 2.24) is 0 Å². The summed E-state index contributed by atoms with van der Waals surface area (Å²) in [4.78, 5) is 12.5. The molecule has 0 aliphatic heterocycles. The Morgan fingerprint density at radius 3 is 2.44 bits per heavy atom. The predicted molar refractivity (Wildman–Crippen MR) is 97.0 cm³/mol. The minimum absolute atomic E-state index is 0. The van der Waals surface area contributed by atoms with Crippen LogP contribution in [0.5, 0.6) is 0 Å². The van der Waals surface area contributed by atoms with Crippen LogP contribution in [-0.2, 0) is 9.53 Å². The van der Waals surface area contributed by atoms with E-state index in [-0.39, 0.29) is 36.4 Å². The van der Waals surface area contributed by atoms with E-state index >= 15 is 0 Å². The lowest BCUT2D eigenvalue weighted by Gasteiger charge is -2.62. The molecule has 2 N–H and O–H groups in total. The van der Waals surface area contributed by atoms with E-state index in [0.29, 0.717) is 36.4 Å². The Kier molecular flexibility index (Phi) is 4.88. The van der Waals surface area contributed by atoms with E-state index in [1.54, 1.807) is 7.11 Å². The molecule has 0 heterocycles. The van der Waals surface area contributed by atoms with Gasteiger partial charge in [-0.3, -0.25) is 4.79 Å². The van der Waals surface area contributed by atoms with Gasteiger partial charge in [0.25, 0.3) is 0 Å². The fraction of sp³-hybridized carbons (Fsp3) is 0.952. The minimum Gasteiger partial charge on any atom is -0.393 e. The third-order valence-corrected chi connectivity index (χ3v) is 8.61. The molecule has 0 bridgehead atoms. The van der Waals surface area contributed by atoms with Crippen molar-refractivity contribution in [2.24, 2.45) is 34.5 Å². The van der Waals surface area contributed by atoms with Crippen LogP contribution in [0.15, 0.2) is 0 Å². The monoisotopic (exact) mass is 352 g/mol. The summed E-state index contributed by atoms with van der Waals surface area (Å²) in [5.74, 6) is 1.79. The largest absolute Gasteiger partial charge is 0.393 e. The molecular weight excluding hydrogens is 316 g/mol. The number of hydrogen-bond donors (Lipinski definition) is 2. The van der Waals surface area contributed by atoms with E-state index in [1.807, 2.05) is 0 Å². The molecule has 0 aromatic heterocycles. The standard InChI is InChI=1S/C20H32O4.CH4/c1-19-9-8-14(21)18(24-3)13(19)5-4-11-12-6-7-16(23)20(12,2)10-15(22)17(11)19;/h11-15,17-18,21-22H,4-10H2,1-3H3;1H4/t11-,12-,13-,14+,15-,17+,18+,19-,20-;/m0./s1. The van der Waals surface area contributed by atoms with Crippen LogP contribution in [-0.4, -0.2) is 41.4 Å². The normalized spacial score (nSPS) is 54.9. The van der Waals surface area contributed by atoms with Crippen LogP contribution in [0.3, 0.4) is 0 Å². The van der Waals surface area contributed by atoms with Gasteiger partial charge in [-0.05, 0) is 67.6 Å². The maximum Gasteiger partial charge on any atom is 0.139 e. The van der Waals surface area contributed by atoms with Crippen molar-refractivity contribution < 1.29 is 19.7 Å². The summed E-state index contributed by atoms with van der Waals surface area (Å²) in [6.07, 6.45) is 5.22. The Bertz CT molecular complexity index is 534. The van der Waals surface area contributed by atoms with Gasteiger partial charge in [0, 0.05) is 18.9 Å². The van der Waals surface area contributed by atoms with Crippen LogP contribution in [0.2, 0.25) is 0 Å². The van der Waals surface area contributed by atoms with E-state index in [0.717, 1.165) is 32.1 Å². The maximum absolute atomic E-state index is 12.5. The third-order valence-electron chi connectivity index (χ3n) is 8.61. The molecule has 0 spiro atoms. The van der Waals surface area contributed by atoms with Crippen LogP contribution < -0.4 is 0 Å². The number of fused-ring (bicyclic) bond motifs is 5. The Morgan fingerprint density at radius 2 is 1.76 bits per heavy atom. The zero-order chi connectivity index (χ0) is 17.3. The Labute approximate surface area is 152 Å². The molecule has 4 fully saturated rings. The van der Waals surface area contributed by atoms with E-state index < -0.39 is 6.10 Å². The number of hydrogen-bond acceptors (Lipinski definition) is 4. The van der Waals surface area contributed by atoms with Crippen molar-refractivity contribution in [2.45, 2.75) is 84.5 Å². The zero-order valence-corrected chi connectivity index (χ0v) is 15.2. The number of carbonyl (C=O) groups excluding carboxylic acids is 1. The number of ketones is 1. The van der Waals surface area contributed by atoms with Gasteiger partial charge in [-0.2, -0.15) is 0 Å². The fourth-order valence-corrected chi connectivity index (χ4v) is 7.51. The first kappa shape index (κ1) is 19.3. The Hall–Kier alpha value is -0.450. The number of methoxy groups -OCH3 is 1. The van der Waals surface area contributed by atoms with Gasteiger partial charge in [0.05, 0.1) is 18.3 Å². The first-order valence-corrected chi connectivity index (χ1v) is 9.75. The minimum atomic E-state index is -0.404. The number of rotatable bonds is 1. The summed E-state index contributed by atoms with van der Waals surface area (Å²) < 4.78 is 5.69. The highest BCUT2D eigenvalue weighted by Gasteiger charge is 2.64. The molecule has 144 valence electrons. The lowest BCUT2D eigenvalue weighted by Crippen LogP contribution is -2.62. The van der Waals surface area contributed by atoms with Crippen molar-refractivity contribution in [3.05, 3.63) is 0 Å². The molecule has 0 saturated heterocycles. The number of aliphatic hydroxyl groups is 2. The number of aliphatic hydroxyl groups excluding tert-OH is 2. The first-order chi connectivity index (χ1) is 11.3. The number of carbonyl (C=O) groups is 1. The average Bonchev–Trinajstić information content (AvgIpc) is 2.82. The first-order valence-electron chi connectivity index (χ1n) is 9.75. The molecule has 4 saturated carbocycles. The van der Waals surface area contributed by atoms with Gasteiger partial charge in [0.2, 0.25) is 0 Å². The fourth-order valence-electron chi connectivity index (χ4n) is 7.51. The molecule has 4 heteroatoms. The lowest BCUT2D eigenvalue weighted by atomic mass is 9.44. The lowest BCUT2D eigenvalue weighted by molar-refractivity contribution is -0.207. The average molecular weight is 353 g/mol. The van der Waals surface area contributed by atoms with E-state index in [2.05, 4.69) is 13.8 Å². The molecule has 4 aliphatic rings. The van der Waals surface area contributed by atoms with Crippen LogP contribution in [0.4, 0.5) is 0 Å². The predicted octanol–water partition coefficient (Wildman–Crippen LogP) is 3.19. The molecular formula is C21H36O4. The summed E-state index contributed by atoms with van der Waals surface area (Å²) in [5.41, 5.74) is -0.298. The smallest absolute Gasteiger partial charge is 0.139 e. The second kappa shape index (κ2) is 6.31. The van der Waals surface area contributed by atoms with Crippen LogP contribution in [0.25, 0.3) is 0 Å².